The highest BCUT2D eigenvalue weighted by molar-refractivity contribution is 5.26. The molecule has 0 aliphatic heterocycles. The van der Waals surface area contributed by atoms with Crippen LogP contribution in [0.15, 0.2) is 24.3 Å². The minimum absolute atomic E-state index is 0.351. The molecule has 2 rings (SSSR count). The number of hydrogen-bond donors (Lipinski definition) is 1. The average Bonchev–Trinajstić information content (AvgIpc) is 2.74. The Kier molecular flexibility index (Phi) is 4.00. The maximum absolute atomic E-state index is 6.25. The molecule has 1 heteroatoms. The average molecular weight is 217 g/mol. The SMILES string of the molecule is Cc1ccccc1CC(N)CC1CCCC1. The molecule has 1 nitrogen and oxygen atoms in total. The maximum atomic E-state index is 6.25. The van der Waals surface area contributed by atoms with Crippen LogP contribution in [0.25, 0.3) is 0 Å². The van der Waals surface area contributed by atoms with Gasteiger partial charge in [-0.1, -0.05) is 49.9 Å². The van der Waals surface area contributed by atoms with Gasteiger partial charge in [0.2, 0.25) is 0 Å². The summed E-state index contributed by atoms with van der Waals surface area (Å²) in [6, 6.07) is 8.96. The van der Waals surface area contributed by atoms with E-state index in [1.807, 2.05) is 0 Å². The summed E-state index contributed by atoms with van der Waals surface area (Å²) in [6.45, 7) is 2.18. The Morgan fingerprint density at radius 1 is 1.25 bits per heavy atom. The van der Waals surface area contributed by atoms with Gasteiger partial charge in [-0.15, -0.1) is 0 Å². The van der Waals surface area contributed by atoms with Gasteiger partial charge in [0, 0.05) is 6.04 Å². The summed E-state index contributed by atoms with van der Waals surface area (Å²) in [5, 5.41) is 0. The van der Waals surface area contributed by atoms with Crippen LogP contribution < -0.4 is 5.73 Å². The van der Waals surface area contributed by atoms with E-state index in [0.29, 0.717) is 6.04 Å². The van der Waals surface area contributed by atoms with E-state index >= 15 is 0 Å². The highest BCUT2D eigenvalue weighted by Crippen LogP contribution is 2.28. The molecule has 1 aliphatic carbocycles. The molecule has 1 aromatic carbocycles. The Labute approximate surface area is 99.0 Å². The van der Waals surface area contributed by atoms with Gasteiger partial charge in [0.05, 0.1) is 0 Å². The van der Waals surface area contributed by atoms with Gasteiger partial charge in [0.15, 0.2) is 0 Å². The second-order valence-corrected chi connectivity index (χ2v) is 5.28. The summed E-state index contributed by atoms with van der Waals surface area (Å²) < 4.78 is 0. The molecule has 0 aromatic heterocycles. The molecule has 1 saturated carbocycles. The maximum Gasteiger partial charge on any atom is 0.00820 e. The zero-order valence-electron chi connectivity index (χ0n) is 10.3. The van der Waals surface area contributed by atoms with Gasteiger partial charge in [0.1, 0.15) is 0 Å². The molecule has 0 spiro atoms. The van der Waals surface area contributed by atoms with E-state index in [4.69, 9.17) is 5.73 Å². The van der Waals surface area contributed by atoms with E-state index in [0.717, 1.165) is 12.3 Å². The van der Waals surface area contributed by atoms with Gasteiger partial charge < -0.3 is 5.73 Å². The van der Waals surface area contributed by atoms with Crippen molar-refractivity contribution in [3.05, 3.63) is 35.4 Å². The lowest BCUT2D eigenvalue weighted by Gasteiger charge is -2.17. The second kappa shape index (κ2) is 5.49. The molecule has 1 aromatic rings. The zero-order valence-corrected chi connectivity index (χ0v) is 10.3. The van der Waals surface area contributed by atoms with Gasteiger partial charge in [0.25, 0.3) is 0 Å². The molecule has 2 N–H and O–H groups in total. The van der Waals surface area contributed by atoms with E-state index in [2.05, 4.69) is 31.2 Å². The van der Waals surface area contributed by atoms with Crippen molar-refractivity contribution in [2.45, 2.75) is 51.5 Å². The number of nitrogens with two attached hydrogens (primary N) is 1. The van der Waals surface area contributed by atoms with E-state index in [1.54, 1.807) is 0 Å². The lowest BCUT2D eigenvalue weighted by molar-refractivity contribution is 0.440. The van der Waals surface area contributed by atoms with E-state index in [9.17, 15) is 0 Å². The van der Waals surface area contributed by atoms with Crippen molar-refractivity contribution in [1.29, 1.82) is 0 Å². The van der Waals surface area contributed by atoms with Crippen molar-refractivity contribution >= 4 is 0 Å². The van der Waals surface area contributed by atoms with Crippen LogP contribution in [-0.4, -0.2) is 6.04 Å². The molecular weight excluding hydrogens is 194 g/mol. The fourth-order valence-corrected chi connectivity index (χ4v) is 2.88. The predicted molar refractivity (Wildman–Crippen MR) is 69.4 cm³/mol. The minimum Gasteiger partial charge on any atom is -0.327 e. The Morgan fingerprint density at radius 2 is 1.94 bits per heavy atom. The number of aryl methyl sites for hydroxylation is 1. The molecule has 0 heterocycles. The quantitative estimate of drug-likeness (QED) is 0.821. The van der Waals surface area contributed by atoms with Gasteiger partial charge in [-0.25, -0.2) is 0 Å². The highest BCUT2D eigenvalue weighted by atomic mass is 14.6. The van der Waals surface area contributed by atoms with Crippen molar-refractivity contribution in [3.8, 4) is 0 Å². The van der Waals surface area contributed by atoms with Gasteiger partial charge in [-0.2, -0.15) is 0 Å². The number of hydrogen-bond acceptors (Lipinski definition) is 1. The molecule has 1 fully saturated rings. The van der Waals surface area contributed by atoms with Crippen molar-refractivity contribution in [2.24, 2.45) is 11.7 Å². The van der Waals surface area contributed by atoms with Crippen molar-refractivity contribution in [3.63, 3.8) is 0 Å². The molecule has 1 atom stereocenters. The second-order valence-electron chi connectivity index (χ2n) is 5.28. The van der Waals surface area contributed by atoms with Crippen LogP contribution in [0.5, 0.6) is 0 Å². The number of benzene rings is 1. The largest absolute Gasteiger partial charge is 0.327 e. The van der Waals surface area contributed by atoms with Crippen LogP contribution in [0.1, 0.15) is 43.2 Å². The molecular formula is C15H23N. The Morgan fingerprint density at radius 3 is 2.62 bits per heavy atom. The third-order valence-electron chi connectivity index (χ3n) is 3.85. The van der Waals surface area contributed by atoms with Crippen LogP contribution in [0.3, 0.4) is 0 Å². The first-order valence-corrected chi connectivity index (χ1v) is 6.56. The van der Waals surface area contributed by atoms with Gasteiger partial charge in [-0.3, -0.25) is 0 Å². The molecule has 88 valence electrons. The van der Waals surface area contributed by atoms with E-state index < -0.39 is 0 Å². The summed E-state index contributed by atoms with van der Waals surface area (Å²) in [6.07, 6.45) is 7.91. The van der Waals surface area contributed by atoms with Crippen molar-refractivity contribution in [2.75, 3.05) is 0 Å². The third kappa shape index (κ3) is 3.08. The summed E-state index contributed by atoms with van der Waals surface area (Å²) in [7, 11) is 0. The molecule has 0 saturated heterocycles. The third-order valence-corrected chi connectivity index (χ3v) is 3.85. The summed E-state index contributed by atoms with van der Waals surface area (Å²) >= 11 is 0. The van der Waals surface area contributed by atoms with E-state index in [1.165, 1.54) is 43.2 Å². The highest BCUT2D eigenvalue weighted by Gasteiger charge is 2.18. The van der Waals surface area contributed by atoms with Crippen molar-refractivity contribution in [1.82, 2.24) is 0 Å². The molecule has 0 amide bonds. The van der Waals surface area contributed by atoms with Gasteiger partial charge >= 0.3 is 0 Å². The molecule has 1 aliphatic rings. The van der Waals surface area contributed by atoms with Crippen LogP contribution in [-0.2, 0) is 6.42 Å². The van der Waals surface area contributed by atoms with Crippen LogP contribution in [0.4, 0.5) is 0 Å². The Balaban J connectivity index is 1.86. The summed E-state index contributed by atoms with van der Waals surface area (Å²) in [5.41, 5.74) is 9.06. The Hall–Kier alpha value is -0.820. The topological polar surface area (TPSA) is 26.0 Å². The zero-order chi connectivity index (χ0) is 11.4. The lowest BCUT2D eigenvalue weighted by atomic mass is 9.93. The molecule has 16 heavy (non-hydrogen) atoms. The summed E-state index contributed by atoms with van der Waals surface area (Å²) in [4.78, 5) is 0. The summed E-state index contributed by atoms with van der Waals surface area (Å²) in [5.74, 6) is 0.902. The monoisotopic (exact) mass is 217 g/mol. The molecule has 0 bridgehead atoms. The first-order chi connectivity index (χ1) is 7.75. The first-order valence-electron chi connectivity index (χ1n) is 6.56. The van der Waals surface area contributed by atoms with Crippen LogP contribution in [0.2, 0.25) is 0 Å². The fourth-order valence-electron chi connectivity index (χ4n) is 2.88. The van der Waals surface area contributed by atoms with Crippen LogP contribution in [0, 0.1) is 12.8 Å². The van der Waals surface area contributed by atoms with Crippen molar-refractivity contribution < 1.29 is 0 Å². The van der Waals surface area contributed by atoms with Crippen LogP contribution >= 0.6 is 0 Å². The first kappa shape index (κ1) is 11.7. The fraction of sp³-hybridized carbons (Fsp3) is 0.600. The smallest absolute Gasteiger partial charge is 0.00820 e. The normalized spacial score (nSPS) is 18.9. The standard InChI is InChI=1S/C15H23N/c1-12-6-2-5-9-14(12)11-15(16)10-13-7-3-4-8-13/h2,5-6,9,13,15H,3-4,7-8,10-11,16H2,1H3. The predicted octanol–water partition coefficient (Wildman–Crippen LogP) is 3.45. The molecule has 0 radical (unpaired) electrons. The number of rotatable bonds is 4. The Bertz CT molecular complexity index is 326. The lowest BCUT2D eigenvalue weighted by Crippen LogP contribution is -2.25. The molecule has 1 unspecified atom stereocenters. The van der Waals surface area contributed by atoms with E-state index in [-0.39, 0.29) is 0 Å². The van der Waals surface area contributed by atoms with Gasteiger partial charge in [-0.05, 0) is 36.8 Å². The minimum atomic E-state index is 0.351.